The van der Waals surface area contributed by atoms with E-state index in [1.807, 2.05) is 0 Å². The maximum absolute atomic E-state index is 12.5. The Bertz CT molecular complexity index is 1230. The minimum Gasteiger partial charge on any atom is -0.508 e. The summed E-state index contributed by atoms with van der Waals surface area (Å²) in [4.78, 5) is 36.8. The van der Waals surface area contributed by atoms with Crippen molar-refractivity contribution < 1.29 is 58.9 Å². The van der Waals surface area contributed by atoms with E-state index in [0.717, 1.165) is 6.08 Å². The van der Waals surface area contributed by atoms with Crippen molar-refractivity contribution in [2.24, 2.45) is 0 Å². The molecule has 5 N–H and O–H groups in total. The Labute approximate surface area is 222 Å². The van der Waals surface area contributed by atoms with E-state index in [4.69, 9.17) is 18.9 Å². The molecule has 12 nitrogen and oxygen atoms in total. The normalized spacial score (nSPS) is 28.5. The summed E-state index contributed by atoms with van der Waals surface area (Å²) < 4.78 is 21.6. The van der Waals surface area contributed by atoms with E-state index in [1.54, 1.807) is 18.2 Å². The van der Waals surface area contributed by atoms with Crippen LogP contribution < -0.4 is 4.74 Å². The molecule has 2 aliphatic rings. The average molecular weight is 545 g/mol. The zero-order chi connectivity index (χ0) is 28.2. The number of esters is 2. The van der Waals surface area contributed by atoms with Crippen molar-refractivity contribution in [3.63, 3.8) is 0 Å². The number of ether oxygens (including phenoxy) is 4. The SMILES string of the molecule is O=C(OC[C@H]1O[C@@H](Oc2ccc(O)cc2COC(=O)[C@]2(O)C=CCCC2=O)[C@H](O)[C@@H](O)[C@@H]1O)c1ccccc1. The first-order valence-electron chi connectivity index (χ1n) is 12.1. The van der Waals surface area contributed by atoms with E-state index in [9.17, 15) is 39.9 Å². The van der Waals surface area contributed by atoms with Crippen LogP contribution in [0.15, 0.2) is 60.7 Å². The fourth-order valence-corrected chi connectivity index (χ4v) is 4.07. The molecule has 0 bridgehead atoms. The van der Waals surface area contributed by atoms with Crippen LogP contribution in [-0.4, -0.2) is 86.2 Å². The molecule has 1 heterocycles. The van der Waals surface area contributed by atoms with Crippen molar-refractivity contribution in [2.75, 3.05) is 6.61 Å². The largest absolute Gasteiger partial charge is 0.508 e. The predicted octanol–water partition coefficient (Wildman–Crippen LogP) is 0.129. The maximum atomic E-state index is 12.5. The number of aromatic hydroxyl groups is 1. The summed E-state index contributed by atoms with van der Waals surface area (Å²) >= 11 is 0. The standard InChI is InChI=1S/C27H28O12/c28-17-9-10-18(16(12-17)13-37-26(34)27(35)11-5-4-8-20(27)29)38-25-23(32)22(31)21(30)19(39-25)14-36-24(33)15-6-2-1-3-7-15/h1-3,5-7,9-12,19,21-23,25,28,30-32,35H,4,8,13-14H2/t19-,21-,22+,23-,25-,27+/m1/s1. The molecule has 12 heteroatoms. The molecular weight excluding hydrogens is 516 g/mol. The lowest BCUT2D eigenvalue weighted by Crippen LogP contribution is -2.60. The van der Waals surface area contributed by atoms with Crippen LogP contribution in [0.5, 0.6) is 11.5 Å². The third-order valence-corrected chi connectivity index (χ3v) is 6.34. The number of hydrogen-bond donors (Lipinski definition) is 5. The first-order chi connectivity index (χ1) is 18.6. The second-order valence-electron chi connectivity index (χ2n) is 9.10. The number of Topliss-reactive ketones (excluding diaryl/α,β-unsaturated/α-hetero) is 1. The molecule has 4 rings (SSSR count). The van der Waals surface area contributed by atoms with Crippen LogP contribution in [-0.2, 0) is 30.4 Å². The number of aliphatic hydroxyl groups is 4. The lowest BCUT2D eigenvalue weighted by molar-refractivity contribution is -0.277. The molecule has 208 valence electrons. The van der Waals surface area contributed by atoms with E-state index >= 15 is 0 Å². The Morgan fingerprint density at radius 3 is 2.46 bits per heavy atom. The molecule has 1 aliphatic carbocycles. The predicted molar refractivity (Wildman–Crippen MR) is 130 cm³/mol. The molecular formula is C27H28O12. The average Bonchev–Trinajstić information content (AvgIpc) is 2.94. The van der Waals surface area contributed by atoms with Crippen molar-refractivity contribution >= 4 is 17.7 Å². The van der Waals surface area contributed by atoms with Crippen molar-refractivity contribution in [3.8, 4) is 11.5 Å². The Hall–Kier alpha value is -3.81. The van der Waals surface area contributed by atoms with Gasteiger partial charge in [0.2, 0.25) is 11.9 Å². The molecule has 0 unspecified atom stereocenters. The van der Waals surface area contributed by atoms with Gasteiger partial charge in [-0.3, -0.25) is 4.79 Å². The summed E-state index contributed by atoms with van der Waals surface area (Å²) in [5.41, 5.74) is -2.10. The highest BCUT2D eigenvalue weighted by atomic mass is 16.7. The van der Waals surface area contributed by atoms with Gasteiger partial charge in [0.1, 0.15) is 49.1 Å². The van der Waals surface area contributed by atoms with E-state index in [0.29, 0.717) is 6.42 Å². The topological polar surface area (TPSA) is 189 Å². The smallest absolute Gasteiger partial charge is 0.350 e. The van der Waals surface area contributed by atoms with Gasteiger partial charge in [-0.25, -0.2) is 9.59 Å². The lowest BCUT2D eigenvalue weighted by atomic mass is 9.90. The maximum Gasteiger partial charge on any atom is 0.350 e. The van der Waals surface area contributed by atoms with Gasteiger partial charge in [0.05, 0.1) is 5.56 Å². The zero-order valence-corrected chi connectivity index (χ0v) is 20.6. The minimum atomic E-state index is -2.43. The molecule has 1 saturated heterocycles. The Morgan fingerprint density at radius 1 is 1.00 bits per heavy atom. The number of benzene rings is 2. The van der Waals surface area contributed by atoms with Gasteiger partial charge in [0, 0.05) is 12.0 Å². The molecule has 2 aromatic rings. The number of phenols is 1. The summed E-state index contributed by atoms with van der Waals surface area (Å²) in [5.74, 6) is -2.91. The number of rotatable bonds is 8. The van der Waals surface area contributed by atoms with Crippen LogP contribution in [0.2, 0.25) is 0 Å². The highest BCUT2D eigenvalue weighted by Gasteiger charge is 2.46. The van der Waals surface area contributed by atoms with Gasteiger partial charge >= 0.3 is 11.9 Å². The van der Waals surface area contributed by atoms with E-state index in [-0.39, 0.29) is 29.0 Å². The van der Waals surface area contributed by atoms with Crippen molar-refractivity contribution in [2.45, 2.75) is 55.8 Å². The van der Waals surface area contributed by atoms with Crippen LogP contribution in [0.3, 0.4) is 0 Å². The summed E-state index contributed by atoms with van der Waals surface area (Å²) in [6.45, 7) is -1.02. The van der Waals surface area contributed by atoms with Gasteiger partial charge in [-0.1, -0.05) is 24.3 Å². The molecule has 0 amide bonds. The minimum absolute atomic E-state index is 0.0322. The number of phenolic OH excluding ortho intramolecular Hbond substituents is 1. The number of carbonyl (C=O) groups excluding carboxylic acids is 3. The molecule has 6 atom stereocenters. The first kappa shape index (κ1) is 28.2. The quantitative estimate of drug-likeness (QED) is 0.172. The van der Waals surface area contributed by atoms with E-state index < -0.39 is 67.2 Å². The number of allylic oxidation sites excluding steroid dienone is 1. The van der Waals surface area contributed by atoms with Gasteiger partial charge in [0.25, 0.3) is 0 Å². The summed E-state index contributed by atoms with van der Waals surface area (Å²) in [5, 5.41) is 51.5. The third kappa shape index (κ3) is 6.27. The number of hydrogen-bond acceptors (Lipinski definition) is 12. The monoisotopic (exact) mass is 544 g/mol. The number of carbonyl (C=O) groups is 3. The van der Waals surface area contributed by atoms with Crippen LogP contribution in [0, 0.1) is 0 Å². The van der Waals surface area contributed by atoms with Crippen LogP contribution in [0.4, 0.5) is 0 Å². The molecule has 39 heavy (non-hydrogen) atoms. The first-order valence-corrected chi connectivity index (χ1v) is 12.1. The molecule has 0 saturated carbocycles. The van der Waals surface area contributed by atoms with Crippen molar-refractivity contribution in [1.82, 2.24) is 0 Å². The lowest BCUT2D eigenvalue weighted by Gasteiger charge is -2.40. The van der Waals surface area contributed by atoms with Crippen molar-refractivity contribution in [1.29, 1.82) is 0 Å². The molecule has 1 fully saturated rings. The highest BCUT2D eigenvalue weighted by molar-refractivity contribution is 6.09. The number of ketones is 1. The van der Waals surface area contributed by atoms with Crippen LogP contribution >= 0.6 is 0 Å². The van der Waals surface area contributed by atoms with E-state index in [1.165, 1.54) is 36.4 Å². The van der Waals surface area contributed by atoms with Gasteiger partial charge in [-0.05, 0) is 42.8 Å². The second-order valence-corrected chi connectivity index (χ2v) is 9.10. The third-order valence-electron chi connectivity index (χ3n) is 6.34. The van der Waals surface area contributed by atoms with Crippen molar-refractivity contribution in [3.05, 3.63) is 71.8 Å². The Morgan fingerprint density at radius 2 is 1.74 bits per heavy atom. The summed E-state index contributed by atoms with van der Waals surface area (Å²) in [6, 6.07) is 11.8. The fourth-order valence-electron chi connectivity index (χ4n) is 4.07. The van der Waals surface area contributed by atoms with Crippen LogP contribution in [0.1, 0.15) is 28.8 Å². The van der Waals surface area contributed by atoms with E-state index in [2.05, 4.69) is 0 Å². The Balaban J connectivity index is 1.44. The van der Waals surface area contributed by atoms with Gasteiger partial charge < -0.3 is 44.5 Å². The molecule has 0 radical (unpaired) electrons. The number of aliphatic hydroxyl groups excluding tert-OH is 3. The summed E-state index contributed by atoms with van der Waals surface area (Å²) in [6.07, 6.45) is -5.05. The Kier molecular flexibility index (Phi) is 8.63. The molecule has 1 aliphatic heterocycles. The second kappa shape index (κ2) is 11.9. The summed E-state index contributed by atoms with van der Waals surface area (Å²) in [7, 11) is 0. The molecule has 0 spiro atoms. The molecule has 0 aromatic heterocycles. The van der Waals surface area contributed by atoms with Gasteiger partial charge in [-0.2, -0.15) is 0 Å². The highest BCUT2D eigenvalue weighted by Crippen LogP contribution is 2.30. The zero-order valence-electron chi connectivity index (χ0n) is 20.6. The van der Waals surface area contributed by atoms with Gasteiger partial charge in [-0.15, -0.1) is 0 Å². The molecule has 2 aromatic carbocycles. The van der Waals surface area contributed by atoms with Gasteiger partial charge in [0.15, 0.2) is 5.78 Å². The fraction of sp³-hybridized carbons (Fsp3) is 0.370. The van der Waals surface area contributed by atoms with Crippen LogP contribution in [0.25, 0.3) is 0 Å².